The molecule has 0 aliphatic rings. The van der Waals surface area contributed by atoms with Gasteiger partial charge in [0.1, 0.15) is 5.75 Å². The van der Waals surface area contributed by atoms with Crippen LogP contribution in [-0.2, 0) is 0 Å². The van der Waals surface area contributed by atoms with Gasteiger partial charge in [-0.05, 0) is 70.9 Å². The van der Waals surface area contributed by atoms with Crippen LogP contribution in [0.15, 0.2) is 36.4 Å². The Morgan fingerprint density at radius 2 is 1.86 bits per heavy atom. The molecular weight excluding hydrogens is 397 g/mol. The minimum atomic E-state index is 0.133. The van der Waals surface area contributed by atoms with Crippen LogP contribution in [0.4, 0.5) is 0 Å². The lowest BCUT2D eigenvalue weighted by Gasteiger charge is -2.20. The van der Waals surface area contributed by atoms with E-state index in [1.807, 2.05) is 12.1 Å². The molecule has 0 bridgehead atoms. The predicted octanol–water partition coefficient (Wildman–Crippen LogP) is 4.96. The molecule has 1 atom stereocenters. The molecule has 2 rings (SSSR count). The summed E-state index contributed by atoms with van der Waals surface area (Å²) in [6, 6.07) is 12.6. The zero-order chi connectivity index (χ0) is 15.4. The van der Waals surface area contributed by atoms with E-state index < -0.39 is 0 Å². The van der Waals surface area contributed by atoms with Crippen molar-refractivity contribution < 1.29 is 4.74 Å². The molecule has 0 saturated carbocycles. The molecule has 112 valence electrons. The van der Waals surface area contributed by atoms with Crippen molar-refractivity contribution in [3.63, 3.8) is 0 Å². The van der Waals surface area contributed by atoms with E-state index in [2.05, 4.69) is 66.0 Å². The third-order valence-corrected chi connectivity index (χ3v) is 5.01. The van der Waals surface area contributed by atoms with Crippen LogP contribution < -0.4 is 10.1 Å². The van der Waals surface area contributed by atoms with Crippen LogP contribution in [0.25, 0.3) is 0 Å². The summed E-state index contributed by atoms with van der Waals surface area (Å²) in [5, 5.41) is 4.32. The average molecular weight is 416 g/mol. The van der Waals surface area contributed by atoms with E-state index in [0.717, 1.165) is 26.5 Å². The summed E-state index contributed by atoms with van der Waals surface area (Å²) in [6.45, 7) is 5.06. The largest absolute Gasteiger partial charge is 0.496 e. The Balaban J connectivity index is 2.42. The van der Waals surface area contributed by atoms with Gasteiger partial charge in [-0.2, -0.15) is 0 Å². The molecule has 0 spiro atoms. The van der Waals surface area contributed by atoms with Gasteiger partial charge in [-0.25, -0.2) is 0 Å². The topological polar surface area (TPSA) is 21.3 Å². The van der Waals surface area contributed by atoms with Crippen molar-refractivity contribution in [2.24, 2.45) is 0 Å². The minimum absolute atomic E-state index is 0.133. The van der Waals surface area contributed by atoms with Crippen LogP contribution in [0.5, 0.6) is 5.75 Å². The normalized spacial score (nSPS) is 12.2. The fourth-order valence-corrected chi connectivity index (χ4v) is 2.93. The zero-order valence-electron chi connectivity index (χ0n) is 12.4. The van der Waals surface area contributed by atoms with E-state index in [4.69, 9.17) is 16.3 Å². The van der Waals surface area contributed by atoms with E-state index in [1.54, 1.807) is 7.11 Å². The zero-order valence-corrected chi connectivity index (χ0v) is 15.3. The Labute approximate surface area is 145 Å². The van der Waals surface area contributed by atoms with Gasteiger partial charge < -0.3 is 10.1 Å². The standard InChI is InChI=1S/C17H19ClINO/c1-4-20-17(13-5-7-15(19)14(18)10-13)12-6-8-16(21-3)11(2)9-12/h5-10,17,20H,4H2,1-3H3. The molecule has 1 N–H and O–H groups in total. The third-order valence-electron chi connectivity index (χ3n) is 3.44. The van der Waals surface area contributed by atoms with Gasteiger partial charge in [0.05, 0.1) is 18.2 Å². The average Bonchev–Trinajstić information content (AvgIpc) is 2.48. The molecule has 0 amide bonds. The summed E-state index contributed by atoms with van der Waals surface area (Å²) < 4.78 is 6.41. The molecular formula is C17H19ClINO. The number of ether oxygens (including phenoxy) is 1. The number of nitrogens with one attached hydrogen (secondary N) is 1. The molecule has 0 aliphatic heterocycles. The Kier molecular flexibility index (Phi) is 5.90. The lowest BCUT2D eigenvalue weighted by molar-refractivity contribution is 0.411. The van der Waals surface area contributed by atoms with Crippen LogP contribution in [0.3, 0.4) is 0 Å². The first-order chi connectivity index (χ1) is 10.1. The van der Waals surface area contributed by atoms with E-state index in [1.165, 1.54) is 11.1 Å². The molecule has 21 heavy (non-hydrogen) atoms. The molecule has 4 heteroatoms. The van der Waals surface area contributed by atoms with Crippen molar-refractivity contribution in [1.29, 1.82) is 0 Å². The maximum atomic E-state index is 6.27. The lowest BCUT2D eigenvalue weighted by atomic mass is 9.97. The van der Waals surface area contributed by atoms with Gasteiger partial charge in [-0.3, -0.25) is 0 Å². The van der Waals surface area contributed by atoms with Crippen molar-refractivity contribution in [3.8, 4) is 5.75 Å². The number of benzene rings is 2. The molecule has 0 fully saturated rings. The summed E-state index contributed by atoms with van der Waals surface area (Å²) in [5.41, 5.74) is 3.52. The SMILES string of the molecule is CCNC(c1ccc(OC)c(C)c1)c1ccc(I)c(Cl)c1. The number of methoxy groups -OCH3 is 1. The number of rotatable bonds is 5. The van der Waals surface area contributed by atoms with Gasteiger partial charge >= 0.3 is 0 Å². The highest BCUT2D eigenvalue weighted by Crippen LogP contribution is 2.29. The van der Waals surface area contributed by atoms with Crippen LogP contribution >= 0.6 is 34.2 Å². The molecule has 2 aromatic carbocycles. The second kappa shape index (κ2) is 7.47. The molecule has 0 aliphatic carbocycles. The molecule has 2 nitrogen and oxygen atoms in total. The molecule has 0 aromatic heterocycles. The second-order valence-electron chi connectivity index (χ2n) is 4.89. The van der Waals surface area contributed by atoms with Crippen LogP contribution in [0.2, 0.25) is 5.02 Å². The predicted molar refractivity (Wildman–Crippen MR) is 97.4 cm³/mol. The van der Waals surface area contributed by atoms with Crippen molar-refractivity contribution in [2.75, 3.05) is 13.7 Å². The fraction of sp³-hybridized carbons (Fsp3) is 0.294. The van der Waals surface area contributed by atoms with Gasteiger partial charge in [-0.15, -0.1) is 0 Å². The third kappa shape index (κ3) is 3.90. The van der Waals surface area contributed by atoms with Crippen molar-refractivity contribution in [1.82, 2.24) is 5.32 Å². The first-order valence-corrected chi connectivity index (χ1v) is 8.35. The number of halogens is 2. The van der Waals surface area contributed by atoms with Crippen molar-refractivity contribution in [3.05, 3.63) is 61.7 Å². The monoisotopic (exact) mass is 415 g/mol. The van der Waals surface area contributed by atoms with E-state index >= 15 is 0 Å². The van der Waals surface area contributed by atoms with Gasteiger partial charge in [0.15, 0.2) is 0 Å². The summed E-state index contributed by atoms with van der Waals surface area (Å²) >= 11 is 8.52. The lowest BCUT2D eigenvalue weighted by Crippen LogP contribution is -2.22. The van der Waals surface area contributed by atoms with E-state index in [-0.39, 0.29) is 6.04 Å². The Morgan fingerprint density at radius 1 is 1.19 bits per heavy atom. The molecule has 0 radical (unpaired) electrons. The maximum absolute atomic E-state index is 6.27. The summed E-state index contributed by atoms with van der Waals surface area (Å²) in [5.74, 6) is 0.912. The fourth-order valence-electron chi connectivity index (χ4n) is 2.41. The van der Waals surface area contributed by atoms with E-state index in [9.17, 15) is 0 Å². The first-order valence-electron chi connectivity index (χ1n) is 6.89. The number of aryl methyl sites for hydroxylation is 1. The Morgan fingerprint density at radius 3 is 2.43 bits per heavy atom. The van der Waals surface area contributed by atoms with E-state index in [0.29, 0.717) is 0 Å². The molecule has 0 heterocycles. The summed E-state index contributed by atoms with van der Waals surface area (Å²) in [4.78, 5) is 0. The highest BCUT2D eigenvalue weighted by molar-refractivity contribution is 14.1. The molecule has 0 saturated heterocycles. The molecule has 1 unspecified atom stereocenters. The van der Waals surface area contributed by atoms with Crippen molar-refractivity contribution in [2.45, 2.75) is 19.9 Å². The maximum Gasteiger partial charge on any atom is 0.121 e. The highest BCUT2D eigenvalue weighted by Gasteiger charge is 2.15. The van der Waals surface area contributed by atoms with Gasteiger partial charge in [0.2, 0.25) is 0 Å². The van der Waals surface area contributed by atoms with Crippen molar-refractivity contribution >= 4 is 34.2 Å². The van der Waals surface area contributed by atoms with Gasteiger partial charge in [0, 0.05) is 3.57 Å². The van der Waals surface area contributed by atoms with Crippen LogP contribution in [0, 0.1) is 10.5 Å². The quantitative estimate of drug-likeness (QED) is 0.697. The number of hydrogen-bond acceptors (Lipinski definition) is 2. The number of hydrogen-bond donors (Lipinski definition) is 1. The minimum Gasteiger partial charge on any atom is -0.496 e. The van der Waals surface area contributed by atoms with Crippen LogP contribution in [0.1, 0.15) is 29.7 Å². The van der Waals surface area contributed by atoms with Gasteiger partial charge in [0.25, 0.3) is 0 Å². The van der Waals surface area contributed by atoms with Gasteiger partial charge in [-0.1, -0.05) is 36.7 Å². The summed E-state index contributed by atoms with van der Waals surface area (Å²) in [6.07, 6.45) is 0. The molecule has 2 aromatic rings. The highest BCUT2D eigenvalue weighted by atomic mass is 127. The second-order valence-corrected chi connectivity index (χ2v) is 6.46. The van der Waals surface area contributed by atoms with Crippen LogP contribution in [-0.4, -0.2) is 13.7 Å². The smallest absolute Gasteiger partial charge is 0.121 e. The summed E-state index contributed by atoms with van der Waals surface area (Å²) in [7, 11) is 1.70. The Bertz CT molecular complexity index is 630. The Hall–Kier alpha value is -0.780. The first kappa shape index (κ1) is 16.6.